The Kier molecular flexibility index (Phi) is 6.67. The predicted molar refractivity (Wildman–Crippen MR) is 75.0 cm³/mol. The number of anilines is 1. The zero-order valence-corrected chi connectivity index (χ0v) is 11.4. The molecule has 0 saturated heterocycles. The molecule has 0 atom stereocenters. The summed E-state index contributed by atoms with van der Waals surface area (Å²) in [6.45, 7) is 7.16. The highest BCUT2D eigenvalue weighted by molar-refractivity contribution is 5.97. The maximum atomic E-state index is 11.8. The van der Waals surface area contributed by atoms with Gasteiger partial charge in [-0.05, 0) is 12.8 Å². The van der Waals surface area contributed by atoms with Gasteiger partial charge in [0, 0.05) is 6.54 Å². The van der Waals surface area contributed by atoms with Crippen molar-refractivity contribution < 1.29 is 9.53 Å². The van der Waals surface area contributed by atoms with Gasteiger partial charge in [0.05, 0.1) is 24.6 Å². The lowest BCUT2D eigenvalue weighted by atomic mass is 10.2. The van der Waals surface area contributed by atoms with Crippen molar-refractivity contribution >= 4 is 11.6 Å². The number of aryl methyl sites for hydroxylation is 1. The van der Waals surface area contributed by atoms with E-state index < -0.39 is 0 Å². The number of rotatable bonds is 9. The molecular formula is C13H22N4O2. The Morgan fingerprint density at radius 3 is 3.05 bits per heavy atom. The molecule has 106 valence electrons. The molecular weight excluding hydrogens is 244 g/mol. The molecule has 0 aliphatic rings. The van der Waals surface area contributed by atoms with Gasteiger partial charge in [0.25, 0.3) is 5.91 Å². The van der Waals surface area contributed by atoms with Crippen LogP contribution in [0.1, 0.15) is 35.9 Å². The first kappa shape index (κ1) is 15.2. The first-order valence-corrected chi connectivity index (χ1v) is 6.50. The molecule has 0 aromatic carbocycles. The normalized spacial score (nSPS) is 10.4. The Hall–Kier alpha value is -1.82. The number of nitrogens with two attached hydrogens (primary N) is 1. The fraction of sp³-hybridized carbons (Fsp3) is 0.538. The molecule has 0 spiro atoms. The molecule has 0 bridgehead atoms. The number of carbonyl (C=O) groups excluding carboxylic acids is 1. The molecule has 19 heavy (non-hydrogen) atoms. The summed E-state index contributed by atoms with van der Waals surface area (Å²) in [5.41, 5.74) is 7.37. The van der Waals surface area contributed by atoms with Gasteiger partial charge >= 0.3 is 0 Å². The topological polar surface area (TPSA) is 93.0 Å². The third-order valence-electron chi connectivity index (χ3n) is 2.60. The maximum absolute atomic E-state index is 11.8. The van der Waals surface area contributed by atoms with Gasteiger partial charge in [-0.15, -0.1) is 6.58 Å². The molecule has 1 heterocycles. The molecule has 0 saturated carbocycles. The van der Waals surface area contributed by atoms with Crippen molar-refractivity contribution in [3.63, 3.8) is 0 Å². The lowest BCUT2D eigenvalue weighted by Crippen LogP contribution is -2.28. The SMILES string of the molecule is C=CCCOCCNC(=O)c1n[nH]c(CCC)c1N. The van der Waals surface area contributed by atoms with Gasteiger partial charge in [0.2, 0.25) is 0 Å². The monoisotopic (exact) mass is 266 g/mol. The van der Waals surface area contributed by atoms with E-state index in [1.54, 1.807) is 6.08 Å². The van der Waals surface area contributed by atoms with E-state index in [0.29, 0.717) is 25.4 Å². The number of aromatic nitrogens is 2. The van der Waals surface area contributed by atoms with Crippen LogP contribution >= 0.6 is 0 Å². The Morgan fingerprint density at radius 2 is 2.37 bits per heavy atom. The average Bonchev–Trinajstić information content (AvgIpc) is 2.76. The minimum Gasteiger partial charge on any atom is -0.395 e. The van der Waals surface area contributed by atoms with E-state index in [0.717, 1.165) is 25.0 Å². The van der Waals surface area contributed by atoms with Crippen molar-refractivity contribution in [2.75, 3.05) is 25.5 Å². The molecule has 4 N–H and O–H groups in total. The first-order chi connectivity index (χ1) is 9.20. The van der Waals surface area contributed by atoms with Crippen molar-refractivity contribution in [1.82, 2.24) is 15.5 Å². The number of H-pyrrole nitrogens is 1. The second-order valence-corrected chi connectivity index (χ2v) is 4.16. The number of nitrogen functional groups attached to an aromatic ring is 1. The van der Waals surface area contributed by atoms with Crippen molar-refractivity contribution in [1.29, 1.82) is 0 Å². The Bertz CT molecular complexity index is 415. The van der Waals surface area contributed by atoms with E-state index in [1.807, 2.05) is 6.92 Å². The number of amides is 1. The summed E-state index contributed by atoms with van der Waals surface area (Å²) >= 11 is 0. The van der Waals surface area contributed by atoms with Crippen LogP contribution in [0.15, 0.2) is 12.7 Å². The maximum Gasteiger partial charge on any atom is 0.274 e. The van der Waals surface area contributed by atoms with Crippen LogP contribution in [0.5, 0.6) is 0 Å². The first-order valence-electron chi connectivity index (χ1n) is 6.50. The molecule has 0 fully saturated rings. The molecule has 0 aliphatic carbocycles. The second kappa shape index (κ2) is 8.31. The number of aromatic amines is 1. The van der Waals surface area contributed by atoms with Crippen LogP contribution in [0.25, 0.3) is 0 Å². The second-order valence-electron chi connectivity index (χ2n) is 4.16. The fourth-order valence-corrected chi connectivity index (χ4v) is 1.59. The Labute approximate surface area is 113 Å². The van der Waals surface area contributed by atoms with Gasteiger partial charge in [-0.25, -0.2) is 0 Å². The third kappa shape index (κ3) is 4.75. The summed E-state index contributed by atoms with van der Waals surface area (Å²) < 4.78 is 5.29. The van der Waals surface area contributed by atoms with Crippen LogP contribution in [0.3, 0.4) is 0 Å². The number of hydrogen-bond donors (Lipinski definition) is 3. The van der Waals surface area contributed by atoms with Crippen LogP contribution in [0.2, 0.25) is 0 Å². The molecule has 0 aliphatic heterocycles. The zero-order chi connectivity index (χ0) is 14.1. The summed E-state index contributed by atoms with van der Waals surface area (Å²) in [6.07, 6.45) is 4.33. The van der Waals surface area contributed by atoms with Gasteiger partial charge in [-0.2, -0.15) is 5.10 Å². The molecule has 1 aromatic rings. The summed E-state index contributed by atoms with van der Waals surface area (Å²) in [5, 5.41) is 9.46. The molecule has 1 rings (SSSR count). The van der Waals surface area contributed by atoms with E-state index in [4.69, 9.17) is 10.5 Å². The predicted octanol–water partition coefficient (Wildman–Crippen LogP) is 1.27. The molecule has 0 radical (unpaired) electrons. The van der Waals surface area contributed by atoms with Gasteiger partial charge in [0.15, 0.2) is 5.69 Å². The fourth-order valence-electron chi connectivity index (χ4n) is 1.59. The third-order valence-corrected chi connectivity index (χ3v) is 2.60. The van der Waals surface area contributed by atoms with Crippen molar-refractivity contribution in [2.45, 2.75) is 26.2 Å². The molecule has 1 aromatic heterocycles. The van der Waals surface area contributed by atoms with E-state index in [-0.39, 0.29) is 11.6 Å². The van der Waals surface area contributed by atoms with Crippen molar-refractivity contribution in [3.05, 3.63) is 24.0 Å². The standard InChI is InChI=1S/C13H22N4O2/c1-3-5-8-19-9-7-15-13(18)12-11(14)10(6-4-2)16-17-12/h3H,1,4-9,14H2,2H3,(H,15,18)(H,16,17). The lowest BCUT2D eigenvalue weighted by molar-refractivity contribution is 0.0914. The lowest BCUT2D eigenvalue weighted by Gasteiger charge is -2.04. The number of carbonyl (C=O) groups is 1. The highest BCUT2D eigenvalue weighted by atomic mass is 16.5. The molecule has 6 heteroatoms. The van der Waals surface area contributed by atoms with Gasteiger partial charge < -0.3 is 15.8 Å². The highest BCUT2D eigenvalue weighted by Crippen LogP contribution is 2.15. The number of hydrogen-bond acceptors (Lipinski definition) is 4. The zero-order valence-electron chi connectivity index (χ0n) is 11.4. The van der Waals surface area contributed by atoms with Crippen molar-refractivity contribution in [2.24, 2.45) is 0 Å². The van der Waals surface area contributed by atoms with Crippen LogP contribution in [-0.2, 0) is 11.2 Å². The van der Waals surface area contributed by atoms with E-state index >= 15 is 0 Å². The summed E-state index contributed by atoms with van der Waals surface area (Å²) in [6, 6.07) is 0. The summed E-state index contributed by atoms with van der Waals surface area (Å²) in [5.74, 6) is -0.275. The van der Waals surface area contributed by atoms with Crippen molar-refractivity contribution in [3.8, 4) is 0 Å². The van der Waals surface area contributed by atoms with E-state index in [9.17, 15) is 4.79 Å². The Balaban J connectivity index is 2.35. The van der Waals surface area contributed by atoms with Gasteiger partial charge in [-0.1, -0.05) is 19.4 Å². The van der Waals surface area contributed by atoms with Crippen LogP contribution in [0, 0.1) is 0 Å². The quantitative estimate of drug-likeness (QED) is 0.463. The average molecular weight is 266 g/mol. The largest absolute Gasteiger partial charge is 0.395 e. The van der Waals surface area contributed by atoms with Crippen LogP contribution < -0.4 is 11.1 Å². The minimum atomic E-state index is -0.275. The molecule has 6 nitrogen and oxygen atoms in total. The molecule has 1 amide bonds. The highest BCUT2D eigenvalue weighted by Gasteiger charge is 2.16. The smallest absolute Gasteiger partial charge is 0.274 e. The number of nitrogens with zero attached hydrogens (tertiary/aromatic N) is 1. The number of ether oxygens (including phenoxy) is 1. The van der Waals surface area contributed by atoms with E-state index in [1.165, 1.54) is 0 Å². The summed E-state index contributed by atoms with van der Waals surface area (Å²) in [7, 11) is 0. The van der Waals surface area contributed by atoms with Crippen LogP contribution in [-0.4, -0.2) is 35.9 Å². The minimum absolute atomic E-state index is 0.259. The van der Waals surface area contributed by atoms with Gasteiger partial charge in [-0.3, -0.25) is 9.89 Å². The Morgan fingerprint density at radius 1 is 1.58 bits per heavy atom. The number of nitrogens with one attached hydrogen (secondary N) is 2. The summed E-state index contributed by atoms with van der Waals surface area (Å²) in [4.78, 5) is 11.8. The van der Waals surface area contributed by atoms with E-state index in [2.05, 4.69) is 22.1 Å². The molecule has 0 unspecified atom stereocenters. The van der Waals surface area contributed by atoms with Crippen LogP contribution in [0.4, 0.5) is 5.69 Å². The van der Waals surface area contributed by atoms with Gasteiger partial charge in [0.1, 0.15) is 0 Å².